The number of hydrogen-bond acceptors (Lipinski definition) is 3. The minimum atomic E-state index is -0.320. The van der Waals surface area contributed by atoms with Crippen LogP contribution in [0.5, 0.6) is 5.75 Å². The first kappa shape index (κ1) is 13.2. The zero-order valence-corrected chi connectivity index (χ0v) is 11.5. The molecular formula is C16H18FNO2. The average molecular weight is 275 g/mol. The lowest BCUT2D eigenvalue weighted by atomic mass is 9.93. The summed E-state index contributed by atoms with van der Waals surface area (Å²) in [6.07, 6.45) is 4.97. The molecule has 0 saturated heterocycles. The van der Waals surface area contributed by atoms with Gasteiger partial charge >= 0.3 is 0 Å². The number of fused-ring (bicyclic) bond motifs is 1. The molecular weight excluding hydrogens is 257 g/mol. The van der Waals surface area contributed by atoms with E-state index in [1.54, 1.807) is 12.3 Å². The molecule has 1 aromatic carbocycles. The van der Waals surface area contributed by atoms with Gasteiger partial charge in [0, 0.05) is 24.6 Å². The van der Waals surface area contributed by atoms with Gasteiger partial charge in [0.25, 0.3) is 0 Å². The fourth-order valence-corrected chi connectivity index (χ4v) is 2.76. The maximum Gasteiger partial charge on any atom is 0.165 e. The molecule has 1 heterocycles. The Bertz CT molecular complexity index is 594. The van der Waals surface area contributed by atoms with Crippen molar-refractivity contribution >= 4 is 0 Å². The van der Waals surface area contributed by atoms with E-state index in [2.05, 4.69) is 5.32 Å². The summed E-state index contributed by atoms with van der Waals surface area (Å²) in [6.45, 7) is 0.635. The fraction of sp³-hybridized carbons (Fsp3) is 0.375. The van der Waals surface area contributed by atoms with Crippen LogP contribution < -0.4 is 10.1 Å². The van der Waals surface area contributed by atoms with Gasteiger partial charge in [-0.05, 0) is 36.6 Å². The molecule has 3 nitrogen and oxygen atoms in total. The Hall–Kier alpha value is -1.81. The number of methoxy groups -OCH3 is 1. The van der Waals surface area contributed by atoms with Gasteiger partial charge in [0.2, 0.25) is 0 Å². The average Bonchev–Trinajstić information content (AvgIpc) is 2.94. The summed E-state index contributed by atoms with van der Waals surface area (Å²) in [5.74, 6) is 1.04. The molecule has 0 radical (unpaired) electrons. The Balaban J connectivity index is 1.67. The summed E-state index contributed by atoms with van der Waals surface area (Å²) in [6, 6.07) is 7.39. The molecule has 4 heteroatoms. The molecule has 0 saturated carbocycles. The third-order valence-electron chi connectivity index (χ3n) is 3.82. The summed E-state index contributed by atoms with van der Waals surface area (Å²) in [5, 5.41) is 3.48. The molecule has 1 aromatic heterocycles. The Morgan fingerprint density at radius 2 is 2.30 bits per heavy atom. The van der Waals surface area contributed by atoms with E-state index >= 15 is 0 Å². The predicted octanol–water partition coefficient (Wildman–Crippen LogP) is 3.59. The van der Waals surface area contributed by atoms with Gasteiger partial charge in [0.05, 0.1) is 13.4 Å². The highest BCUT2D eigenvalue weighted by atomic mass is 19.1. The molecule has 1 unspecified atom stereocenters. The number of furan rings is 1. The summed E-state index contributed by atoms with van der Waals surface area (Å²) in [4.78, 5) is 0. The summed E-state index contributed by atoms with van der Waals surface area (Å²) in [7, 11) is 1.47. The van der Waals surface area contributed by atoms with E-state index in [1.807, 2.05) is 12.1 Å². The second kappa shape index (κ2) is 5.67. The van der Waals surface area contributed by atoms with Gasteiger partial charge in [-0.1, -0.05) is 6.07 Å². The largest absolute Gasteiger partial charge is 0.494 e. The first-order valence-corrected chi connectivity index (χ1v) is 6.90. The molecule has 0 spiro atoms. The molecule has 0 bridgehead atoms. The smallest absolute Gasteiger partial charge is 0.165 e. The monoisotopic (exact) mass is 275 g/mol. The third-order valence-corrected chi connectivity index (χ3v) is 3.82. The van der Waals surface area contributed by atoms with E-state index in [1.165, 1.54) is 18.7 Å². The van der Waals surface area contributed by atoms with E-state index in [0.29, 0.717) is 12.6 Å². The van der Waals surface area contributed by atoms with E-state index in [0.717, 1.165) is 30.6 Å². The molecule has 0 aliphatic heterocycles. The number of benzene rings is 1. The van der Waals surface area contributed by atoms with Crippen molar-refractivity contribution < 1.29 is 13.5 Å². The van der Waals surface area contributed by atoms with Gasteiger partial charge in [-0.2, -0.15) is 0 Å². The van der Waals surface area contributed by atoms with Crippen molar-refractivity contribution in [1.29, 1.82) is 0 Å². The van der Waals surface area contributed by atoms with Crippen LogP contribution in [-0.2, 0) is 13.0 Å². The van der Waals surface area contributed by atoms with Crippen LogP contribution in [0.1, 0.15) is 35.8 Å². The van der Waals surface area contributed by atoms with Crippen molar-refractivity contribution in [2.75, 3.05) is 7.11 Å². The maximum atomic E-state index is 13.6. The molecule has 2 aromatic rings. The topological polar surface area (TPSA) is 34.4 Å². The standard InChI is InChI=1S/C16H18FNO2/c1-19-16-6-5-11(9-13(16)17)10-18-14-3-2-4-15-12(14)7-8-20-15/h5-9,14,18H,2-4,10H2,1H3. The molecule has 20 heavy (non-hydrogen) atoms. The van der Waals surface area contributed by atoms with Crippen LogP contribution in [0.3, 0.4) is 0 Å². The Morgan fingerprint density at radius 1 is 1.40 bits per heavy atom. The second-order valence-corrected chi connectivity index (χ2v) is 5.09. The lowest BCUT2D eigenvalue weighted by Gasteiger charge is -2.23. The van der Waals surface area contributed by atoms with Crippen LogP contribution in [0, 0.1) is 5.82 Å². The predicted molar refractivity (Wildman–Crippen MR) is 74.2 cm³/mol. The molecule has 0 fully saturated rings. The Kier molecular flexibility index (Phi) is 3.74. The van der Waals surface area contributed by atoms with Gasteiger partial charge in [-0.15, -0.1) is 0 Å². The molecule has 0 amide bonds. The van der Waals surface area contributed by atoms with E-state index in [-0.39, 0.29) is 11.6 Å². The van der Waals surface area contributed by atoms with Crippen LogP contribution in [0.4, 0.5) is 4.39 Å². The number of ether oxygens (including phenoxy) is 1. The highest BCUT2D eigenvalue weighted by Gasteiger charge is 2.21. The number of rotatable bonds is 4. The first-order chi connectivity index (χ1) is 9.78. The van der Waals surface area contributed by atoms with Gasteiger partial charge < -0.3 is 14.5 Å². The summed E-state index contributed by atoms with van der Waals surface area (Å²) >= 11 is 0. The summed E-state index contributed by atoms with van der Waals surface area (Å²) < 4.78 is 24.0. The molecule has 1 N–H and O–H groups in total. The Morgan fingerprint density at radius 3 is 3.10 bits per heavy atom. The van der Waals surface area contributed by atoms with Gasteiger partial charge in [0.1, 0.15) is 5.76 Å². The number of halogens is 1. The third kappa shape index (κ3) is 2.56. The highest BCUT2D eigenvalue weighted by Crippen LogP contribution is 2.30. The molecule has 106 valence electrons. The maximum absolute atomic E-state index is 13.6. The van der Waals surface area contributed by atoms with Gasteiger partial charge in [0.15, 0.2) is 11.6 Å². The van der Waals surface area contributed by atoms with Crippen molar-refractivity contribution in [2.24, 2.45) is 0 Å². The number of aryl methyl sites for hydroxylation is 1. The number of hydrogen-bond donors (Lipinski definition) is 1. The summed E-state index contributed by atoms with van der Waals surface area (Å²) in [5.41, 5.74) is 2.16. The zero-order chi connectivity index (χ0) is 13.9. The molecule has 1 aliphatic carbocycles. The minimum Gasteiger partial charge on any atom is -0.494 e. The van der Waals surface area contributed by atoms with Crippen molar-refractivity contribution in [3.63, 3.8) is 0 Å². The van der Waals surface area contributed by atoms with Crippen molar-refractivity contribution in [2.45, 2.75) is 31.8 Å². The van der Waals surface area contributed by atoms with E-state index in [4.69, 9.17) is 9.15 Å². The lowest BCUT2D eigenvalue weighted by molar-refractivity contribution is 0.385. The van der Waals surface area contributed by atoms with Crippen LogP contribution >= 0.6 is 0 Å². The van der Waals surface area contributed by atoms with Crippen LogP contribution in [0.2, 0.25) is 0 Å². The first-order valence-electron chi connectivity index (χ1n) is 6.90. The fourth-order valence-electron chi connectivity index (χ4n) is 2.76. The second-order valence-electron chi connectivity index (χ2n) is 5.09. The van der Waals surface area contributed by atoms with E-state index in [9.17, 15) is 4.39 Å². The van der Waals surface area contributed by atoms with Crippen molar-refractivity contribution in [1.82, 2.24) is 5.32 Å². The van der Waals surface area contributed by atoms with Crippen molar-refractivity contribution in [3.05, 3.63) is 53.2 Å². The molecule has 3 rings (SSSR count). The molecule has 1 atom stereocenters. The Labute approximate surface area is 117 Å². The SMILES string of the molecule is COc1ccc(CNC2CCCc3occc32)cc1F. The number of nitrogens with one attached hydrogen (secondary N) is 1. The zero-order valence-electron chi connectivity index (χ0n) is 11.5. The quantitative estimate of drug-likeness (QED) is 0.926. The normalized spacial score (nSPS) is 17.8. The van der Waals surface area contributed by atoms with Gasteiger partial charge in [-0.25, -0.2) is 4.39 Å². The minimum absolute atomic E-state index is 0.281. The highest BCUT2D eigenvalue weighted by molar-refractivity contribution is 5.30. The van der Waals surface area contributed by atoms with E-state index < -0.39 is 0 Å². The molecule has 1 aliphatic rings. The van der Waals surface area contributed by atoms with Crippen LogP contribution in [-0.4, -0.2) is 7.11 Å². The lowest BCUT2D eigenvalue weighted by Crippen LogP contribution is -2.24. The van der Waals surface area contributed by atoms with Crippen LogP contribution in [0.15, 0.2) is 34.9 Å². The van der Waals surface area contributed by atoms with Crippen LogP contribution in [0.25, 0.3) is 0 Å². The van der Waals surface area contributed by atoms with Crippen molar-refractivity contribution in [3.8, 4) is 5.75 Å². The van der Waals surface area contributed by atoms with Gasteiger partial charge in [-0.3, -0.25) is 0 Å².